The van der Waals surface area contributed by atoms with Gasteiger partial charge in [-0.3, -0.25) is 4.79 Å². The number of carboxylic acid groups (broad SMARTS) is 1. The van der Waals surface area contributed by atoms with E-state index in [0.717, 1.165) is 12.1 Å². The van der Waals surface area contributed by atoms with Gasteiger partial charge in [-0.15, -0.1) is 0 Å². The molecule has 0 radical (unpaired) electrons. The molecular formula is C16H19F6NO3. The second-order valence-corrected chi connectivity index (χ2v) is 6.11. The van der Waals surface area contributed by atoms with E-state index >= 15 is 0 Å². The molecule has 0 fully saturated rings. The zero-order valence-electron chi connectivity index (χ0n) is 14.0. The first-order valence-corrected chi connectivity index (χ1v) is 7.65. The van der Waals surface area contributed by atoms with Gasteiger partial charge in [-0.2, -0.15) is 22.0 Å². The Balaban J connectivity index is 2.70. The van der Waals surface area contributed by atoms with E-state index in [2.05, 4.69) is 10.1 Å². The van der Waals surface area contributed by atoms with Crippen molar-refractivity contribution < 1.29 is 41.0 Å². The fraction of sp³-hybridized carbons (Fsp3) is 0.562. The van der Waals surface area contributed by atoms with Crippen LogP contribution >= 0.6 is 0 Å². The van der Waals surface area contributed by atoms with Gasteiger partial charge in [0, 0.05) is 6.54 Å². The van der Waals surface area contributed by atoms with Crippen LogP contribution in [-0.2, 0) is 11.3 Å². The third-order valence-corrected chi connectivity index (χ3v) is 3.32. The molecule has 0 saturated carbocycles. The molecule has 10 heteroatoms. The lowest BCUT2D eigenvalue weighted by molar-refractivity contribution is -0.304. The molecule has 0 amide bonds. The average Bonchev–Trinajstić information content (AvgIpc) is 2.50. The first-order chi connectivity index (χ1) is 11.8. The van der Waals surface area contributed by atoms with Crippen LogP contribution in [0, 0.1) is 5.92 Å². The Morgan fingerprint density at radius 1 is 1.15 bits per heavy atom. The van der Waals surface area contributed by atoms with Gasteiger partial charge < -0.3 is 15.2 Å². The van der Waals surface area contributed by atoms with E-state index in [1.807, 2.05) is 13.8 Å². The van der Waals surface area contributed by atoms with Gasteiger partial charge in [0.25, 0.3) is 6.17 Å². The predicted molar refractivity (Wildman–Crippen MR) is 80.7 cm³/mol. The standard InChI is InChI=1S/C16H19F6NO3/c1-9(2)7-12(13(24)25)23-8-10-3-5-11(6-4-10)26-16(21,22)14(17)15(18,19)20/h3-6,9,12,14,23H,7-8H2,1-2H3,(H,24,25). The van der Waals surface area contributed by atoms with Crippen molar-refractivity contribution in [1.29, 1.82) is 0 Å². The molecule has 4 nitrogen and oxygen atoms in total. The normalized spacial score (nSPS) is 15.0. The number of carboxylic acids is 1. The molecule has 0 saturated heterocycles. The summed E-state index contributed by atoms with van der Waals surface area (Å²) in [5, 5.41) is 11.9. The maximum Gasteiger partial charge on any atom is 0.439 e. The summed E-state index contributed by atoms with van der Waals surface area (Å²) in [7, 11) is 0. The number of hydrogen-bond acceptors (Lipinski definition) is 3. The first-order valence-electron chi connectivity index (χ1n) is 7.65. The minimum absolute atomic E-state index is 0.0919. The molecule has 1 aromatic carbocycles. The highest BCUT2D eigenvalue weighted by Crippen LogP contribution is 2.36. The summed E-state index contributed by atoms with van der Waals surface area (Å²) >= 11 is 0. The van der Waals surface area contributed by atoms with Crippen LogP contribution in [0.15, 0.2) is 24.3 Å². The monoisotopic (exact) mass is 387 g/mol. The van der Waals surface area contributed by atoms with E-state index in [9.17, 15) is 31.1 Å². The van der Waals surface area contributed by atoms with Crippen LogP contribution in [0.25, 0.3) is 0 Å². The summed E-state index contributed by atoms with van der Waals surface area (Å²) in [6.45, 7) is 3.79. The van der Waals surface area contributed by atoms with Crippen molar-refractivity contribution in [3.8, 4) is 5.75 Å². The van der Waals surface area contributed by atoms with Crippen molar-refractivity contribution in [3.63, 3.8) is 0 Å². The molecule has 0 heterocycles. The van der Waals surface area contributed by atoms with Crippen molar-refractivity contribution in [1.82, 2.24) is 5.32 Å². The third-order valence-electron chi connectivity index (χ3n) is 3.32. The maximum atomic E-state index is 13.2. The van der Waals surface area contributed by atoms with E-state index in [0.29, 0.717) is 12.0 Å². The summed E-state index contributed by atoms with van der Waals surface area (Å²) in [5.74, 6) is -1.56. The number of halogens is 6. The Bertz CT molecular complexity index is 589. The highest BCUT2D eigenvalue weighted by Gasteiger charge is 2.59. The SMILES string of the molecule is CC(C)CC(NCc1ccc(OC(F)(F)C(F)C(F)(F)F)cc1)C(=O)O. The Kier molecular flexibility index (Phi) is 7.31. The van der Waals surface area contributed by atoms with Crippen molar-refractivity contribution in [2.75, 3.05) is 0 Å². The van der Waals surface area contributed by atoms with E-state index in [-0.39, 0.29) is 12.5 Å². The quantitative estimate of drug-likeness (QED) is 0.625. The van der Waals surface area contributed by atoms with Crippen LogP contribution in [0.4, 0.5) is 26.3 Å². The van der Waals surface area contributed by atoms with E-state index in [1.54, 1.807) is 0 Å². The number of benzene rings is 1. The molecule has 0 aliphatic heterocycles. The molecule has 148 valence electrons. The van der Waals surface area contributed by atoms with Gasteiger partial charge in [0.1, 0.15) is 11.8 Å². The second kappa shape index (κ2) is 8.61. The lowest BCUT2D eigenvalue weighted by Crippen LogP contribution is -2.45. The molecule has 26 heavy (non-hydrogen) atoms. The van der Waals surface area contributed by atoms with Crippen LogP contribution in [0.2, 0.25) is 0 Å². The zero-order valence-corrected chi connectivity index (χ0v) is 14.0. The Morgan fingerprint density at radius 3 is 2.12 bits per heavy atom. The summed E-state index contributed by atoms with van der Waals surface area (Å²) in [5.41, 5.74) is 0.489. The van der Waals surface area contributed by atoms with Crippen LogP contribution in [0.3, 0.4) is 0 Å². The second-order valence-electron chi connectivity index (χ2n) is 6.11. The summed E-state index contributed by atoms with van der Waals surface area (Å²) in [4.78, 5) is 11.1. The predicted octanol–water partition coefficient (Wildman–Crippen LogP) is 4.15. The number of alkyl halides is 6. The Morgan fingerprint density at radius 2 is 1.69 bits per heavy atom. The van der Waals surface area contributed by atoms with Gasteiger partial charge in [-0.05, 0) is 30.0 Å². The van der Waals surface area contributed by atoms with Gasteiger partial charge in [0.2, 0.25) is 0 Å². The maximum absolute atomic E-state index is 13.2. The van der Waals surface area contributed by atoms with Gasteiger partial charge >= 0.3 is 18.3 Å². The third kappa shape index (κ3) is 6.74. The number of hydrogen-bond donors (Lipinski definition) is 2. The van der Waals surface area contributed by atoms with Gasteiger partial charge in [0.15, 0.2) is 0 Å². The molecule has 0 aliphatic rings. The Hall–Kier alpha value is -1.97. The van der Waals surface area contributed by atoms with Gasteiger partial charge in [-0.1, -0.05) is 26.0 Å². The van der Waals surface area contributed by atoms with Crippen LogP contribution in [-0.4, -0.2) is 35.6 Å². The molecule has 2 unspecified atom stereocenters. The molecule has 0 aliphatic carbocycles. The van der Waals surface area contributed by atoms with Crippen molar-refractivity contribution >= 4 is 5.97 Å². The first kappa shape index (κ1) is 22.1. The highest BCUT2D eigenvalue weighted by atomic mass is 19.4. The van der Waals surface area contributed by atoms with Crippen molar-refractivity contribution in [3.05, 3.63) is 29.8 Å². The number of aliphatic carboxylic acids is 1. The van der Waals surface area contributed by atoms with E-state index in [4.69, 9.17) is 5.11 Å². The van der Waals surface area contributed by atoms with Gasteiger partial charge in [-0.25, -0.2) is 4.39 Å². The lowest BCUT2D eigenvalue weighted by atomic mass is 10.0. The molecule has 2 N–H and O–H groups in total. The molecular weight excluding hydrogens is 368 g/mol. The van der Waals surface area contributed by atoms with E-state index < -0.39 is 36.2 Å². The smallest absolute Gasteiger partial charge is 0.439 e. The number of ether oxygens (including phenoxy) is 1. The molecule has 0 aromatic heterocycles. The van der Waals surface area contributed by atoms with Crippen LogP contribution < -0.4 is 10.1 Å². The summed E-state index contributed by atoms with van der Waals surface area (Å²) in [6.07, 6.45) is -14.9. The largest absolute Gasteiger partial charge is 0.480 e. The molecule has 1 aromatic rings. The summed E-state index contributed by atoms with van der Waals surface area (Å²) < 4.78 is 79.1. The summed E-state index contributed by atoms with van der Waals surface area (Å²) in [6, 6.07) is 3.61. The molecule has 0 spiro atoms. The van der Waals surface area contributed by atoms with Crippen molar-refractivity contribution in [2.45, 2.75) is 51.3 Å². The molecule has 1 rings (SSSR count). The fourth-order valence-electron chi connectivity index (χ4n) is 2.06. The number of nitrogens with one attached hydrogen (secondary N) is 1. The van der Waals surface area contributed by atoms with Crippen LogP contribution in [0.1, 0.15) is 25.8 Å². The van der Waals surface area contributed by atoms with Gasteiger partial charge in [0.05, 0.1) is 0 Å². The minimum Gasteiger partial charge on any atom is -0.480 e. The average molecular weight is 387 g/mol. The Labute approximate surface area is 146 Å². The van der Waals surface area contributed by atoms with Crippen molar-refractivity contribution in [2.24, 2.45) is 5.92 Å². The van der Waals surface area contributed by atoms with Crippen LogP contribution in [0.5, 0.6) is 5.75 Å². The van der Waals surface area contributed by atoms with E-state index in [1.165, 1.54) is 12.1 Å². The molecule has 2 atom stereocenters. The highest BCUT2D eigenvalue weighted by molar-refractivity contribution is 5.73. The number of rotatable bonds is 9. The minimum atomic E-state index is -5.75. The topological polar surface area (TPSA) is 58.6 Å². The lowest BCUT2D eigenvalue weighted by Gasteiger charge is -2.23. The fourth-order valence-corrected chi connectivity index (χ4v) is 2.06. The zero-order chi connectivity index (χ0) is 20.1. The molecule has 0 bridgehead atoms. The number of carbonyl (C=O) groups is 1.